The highest BCUT2D eigenvalue weighted by Crippen LogP contribution is 2.66. The van der Waals surface area contributed by atoms with Crippen LogP contribution in [0, 0.1) is 51.8 Å². The largest absolute Gasteiger partial charge is 0.342 e. The van der Waals surface area contributed by atoms with E-state index in [4.69, 9.17) is 0 Å². The van der Waals surface area contributed by atoms with Gasteiger partial charge in [-0.25, -0.2) is 0 Å². The van der Waals surface area contributed by atoms with E-state index in [1.165, 1.54) is 38.5 Å². The fourth-order valence-electron chi connectivity index (χ4n) is 8.10. The molecule has 0 aromatic carbocycles. The van der Waals surface area contributed by atoms with Crippen LogP contribution in [0.15, 0.2) is 0 Å². The van der Waals surface area contributed by atoms with Crippen LogP contribution in [-0.4, -0.2) is 23.9 Å². The second-order valence-corrected chi connectivity index (χ2v) is 10.1. The minimum Gasteiger partial charge on any atom is -0.342 e. The number of fused-ring (bicyclic) bond motifs is 5. The lowest BCUT2D eigenvalue weighted by Crippen LogP contribution is -2.61. The summed E-state index contributed by atoms with van der Waals surface area (Å²) in [6.45, 7) is 7.14. The summed E-state index contributed by atoms with van der Waals surface area (Å²) in [7, 11) is 2.04. The van der Waals surface area contributed by atoms with E-state index in [9.17, 15) is 10.1 Å². The summed E-state index contributed by atoms with van der Waals surface area (Å²) in [5, 5.41) is 9.49. The number of rotatable bonds is 1. The Morgan fingerprint density at radius 2 is 1.80 bits per heavy atom. The second-order valence-electron chi connectivity index (χ2n) is 10.1. The van der Waals surface area contributed by atoms with Crippen molar-refractivity contribution in [2.24, 2.45) is 40.4 Å². The number of carbonyl (C=O) groups excluding carboxylic acids is 1. The zero-order valence-corrected chi connectivity index (χ0v) is 16.4. The fourth-order valence-corrected chi connectivity index (χ4v) is 8.10. The highest BCUT2D eigenvalue weighted by atomic mass is 16.2. The molecule has 0 bridgehead atoms. The Bertz CT molecular complexity index is 610. The average molecular weight is 343 g/mol. The Hall–Kier alpha value is -1.04. The molecule has 8 atom stereocenters. The SMILES string of the molecule is CC(C#N)C1CCC2C3CCC4N(C)C(=O)CCC4(C)C3CCC12C. The lowest BCUT2D eigenvalue weighted by Gasteiger charge is -2.62. The number of hydrogen-bond acceptors (Lipinski definition) is 2. The Balaban J connectivity index is 1.62. The third-order valence-corrected chi connectivity index (χ3v) is 9.44. The van der Waals surface area contributed by atoms with Gasteiger partial charge in [-0.05, 0) is 86.4 Å². The Morgan fingerprint density at radius 1 is 1.08 bits per heavy atom. The van der Waals surface area contributed by atoms with Crippen molar-refractivity contribution in [1.82, 2.24) is 4.90 Å². The van der Waals surface area contributed by atoms with Crippen molar-refractivity contribution in [1.29, 1.82) is 5.26 Å². The molecular weight excluding hydrogens is 308 g/mol. The van der Waals surface area contributed by atoms with E-state index in [1.54, 1.807) is 0 Å². The van der Waals surface area contributed by atoms with E-state index < -0.39 is 0 Å². The molecule has 3 nitrogen and oxygen atoms in total. The van der Waals surface area contributed by atoms with Gasteiger partial charge in [0.25, 0.3) is 0 Å². The summed E-state index contributed by atoms with van der Waals surface area (Å²) in [6, 6.07) is 3.01. The molecule has 1 aliphatic heterocycles. The summed E-state index contributed by atoms with van der Waals surface area (Å²) >= 11 is 0. The van der Waals surface area contributed by atoms with Gasteiger partial charge in [-0.1, -0.05) is 13.8 Å². The van der Waals surface area contributed by atoms with Crippen LogP contribution in [0.2, 0.25) is 0 Å². The van der Waals surface area contributed by atoms with Crippen molar-refractivity contribution >= 4 is 5.91 Å². The molecule has 0 aromatic rings. The van der Waals surface area contributed by atoms with Gasteiger partial charge >= 0.3 is 0 Å². The molecular formula is C22H34N2O. The Kier molecular flexibility index (Phi) is 3.98. The van der Waals surface area contributed by atoms with Crippen molar-refractivity contribution in [3.8, 4) is 6.07 Å². The molecule has 8 unspecified atom stereocenters. The van der Waals surface area contributed by atoms with Crippen molar-refractivity contribution in [3.05, 3.63) is 0 Å². The molecule has 0 aromatic heterocycles. The maximum atomic E-state index is 12.2. The Morgan fingerprint density at radius 3 is 2.52 bits per heavy atom. The molecule has 3 heteroatoms. The molecule has 3 aliphatic carbocycles. The van der Waals surface area contributed by atoms with Crippen LogP contribution in [0.3, 0.4) is 0 Å². The number of nitriles is 1. The van der Waals surface area contributed by atoms with Crippen LogP contribution >= 0.6 is 0 Å². The van der Waals surface area contributed by atoms with E-state index in [0.29, 0.717) is 28.7 Å². The van der Waals surface area contributed by atoms with Crippen LogP contribution < -0.4 is 0 Å². The van der Waals surface area contributed by atoms with Gasteiger partial charge in [0.1, 0.15) is 0 Å². The van der Waals surface area contributed by atoms with E-state index in [1.807, 2.05) is 7.05 Å². The molecule has 4 fully saturated rings. The highest BCUT2D eigenvalue weighted by Gasteiger charge is 2.61. The topological polar surface area (TPSA) is 44.1 Å². The zero-order valence-electron chi connectivity index (χ0n) is 16.4. The van der Waals surface area contributed by atoms with Crippen LogP contribution in [0.5, 0.6) is 0 Å². The lowest BCUT2D eigenvalue weighted by molar-refractivity contribution is -0.158. The molecule has 3 saturated carbocycles. The maximum absolute atomic E-state index is 12.2. The minimum atomic E-state index is 0.192. The van der Waals surface area contributed by atoms with E-state index >= 15 is 0 Å². The molecule has 138 valence electrons. The van der Waals surface area contributed by atoms with Gasteiger partial charge < -0.3 is 4.90 Å². The first kappa shape index (κ1) is 17.4. The molecule has 4 aliphatic rings. The monoisotopic (exact) mass is 342 g/mol. The molecule has 4 rings (SSSR count). The van der Waals surface area contributed by atoms with Gasteiger partial charge in [-0.2, -0.15) is 5.26 Å². The van der Waals surface area contributed by atoms with Gasteiger partial charge in [0, 0.05) is 25.4 Å². The number of likely N-dealkylation sites (tertiary alicyclic amines) is 1. The van der Waals surface area contributed by atoms with Gasteiger partial charge in [0.15, 0.2) is 0 Å². The van der Waals surface area contributed by atoms with Gasteiger partial charge in [0.2, 0.25) is 5.91 Å². The second kappa shape index (κ2) is 5.73. The third-order valence-electron chi connectivity index (χ3n) is 9.44. The Labute approximate surface area is 153 Å². The summed E-state index contributed by atoms with van der Waals surface area (Å²) in [5.41, 5.74) is 0.682. The number of piperidine rings is 1. The fraction of sp³-hybridized carbons (Fsp3) is 0.909. The number of hydrogen-bond donors (Lipinski definition) is 0. The van der Waals surface area contributed by atoms with E-state index in [0.717, 1.165) is 30.6 Å². The van der Waals surface area contributed by atoms with Crippen molar-refractivity contribution < 1.29 is 4.79 Å². The quantitative estimate of drug-likeness (QED) is 0.697. The number of nitrogens with zero attached hydrogens (tertiary/aromatic N) is 2. The van der Waals surface area contributed by atoms with Crippen molar-refractivity contribution in [2.45, 2.75) is 78.2 Å². The molecule has 1 amide bonds. The molecule has 25 heavy (non-hydrogen) atoms. The lowest BCUT2D eigenvalue weighted by atomic mass is 9.46. The van der Waals surface area contributed by atoms with E-state index in [-0.39, 0.29) is 5.92 Å². The first-order valence-corrected chi connectivity index (χ1v) is 10.5. The maximum Gasteiger partial charge on any atom is 0.222 e. The summed E-state index contributed by atoms with van der Waals surface area (Å²) in [5.74, 6) is 3.52. The molecule has 0 N–H and O–H groups in total. The van der Waals surface area contributed by atoms with Crippen LogP contribution in [-0.2, 0) is 4.79 Å². The number of carbonyl (C=O) groups is 1. The van der Waals surface area contributed by atoms with Gasteiger partial charge in [-0.3, -0.25) is 4.79 Å². The summed E-state index contributed by atoms with van der Waals surface area (Å²) in [6.07, 6.45) is 9.46. The van der Waals surface area contributed by atoms with Crippen molar-refractivity contribution in [2.75, 3.05) is 7.05 Å². The molecule has 0 radical (unpaired) electrons. The minimum absolute atomic E-state index is 0.192. The van der Waals surface area contributed by atoms with Crippen LogP contribution in [0.4, 0.5) is 0 Å². The molecule has 0 spiro atoms. The summed E-state index contributed by atoms with van der Waals surface area (Å²) < 4.78 is 0. The predicted molar refractivity (Wildman–Crippen MR) is 98.4 cm³/mol. The van der Waals surface area contributed by atoms with Crippen molar-refractivity contribution in [3.63, 3.8) is 0 Å². The van der Waals surface area contributed by atoms with E-state index in [2.05, 4.69) is 31.7 Å². The smallest absolute Gasteiger partial charge is 0.222 e. The predicted octanol–water partition coefficient (Wildman–Crippen LogP) is 4.63. The number of amides is 1. The zero-order chi connectivity index (χ0) is 18.0. The first-order valence-electron chi connectivity index (χ1n) is 10.5. The first-order chi connectivity index (χ1) is 11.8. The standard InChI is InChI=1S/C22H34N2O/c1-14(13-23)16-6-7-17-15-5-8-19-22(3,12-10-20(25)24(19)4)18(15)9-11-21(16,17)2/h14-19H,5-12H2,1-4H3. The molecule has 1 heterocycles. The highest BCUT2D eigenvalue weighted by molar-refractivity contribution is 5.77. The van der Waals surface area contributed by atoms with Gasteiger partial charge in [0.05, 0.1) is 6.07 Å². The van der Waals surface area contributed by atoms with Crippen LogP contribution in [0.1, 0.15) is 72.1 Å². The molecule has 1 saturated heterocycles. The van der Waals surface area contributed by atoms with Gasteiger partial charge in [-0.15, -0.1) is 0 Å². The van der Waals surface area contributed by atoms with Crippen LogP contribution in [0.25, 0.3) is 0 Å². The normalized spacial score (nSPS) is 50.4. The third kappa shape index (κ3) is 2.25. The average Bonchev–Trinajstić information content (AvgIpc) is 2.95. The summed E-state index contributed by atoms with van der Waals surface area (Å²) in [4.78, 5) is 14.3.